The lowest BCUT2D eigenvalue weighted by Crippen LogP contribution is -2.32. The monoisotopic (exact) mass is 404 g/mol. The van der Waals surface area contributed by atoms with Gasteiger partial charge < -0.3 is 14.9 Å². The zero-order chi connectivity index (χ0) is 20.5. The van der Waals surface area contributed by atoms with Crippen LogP contribution in [0.4, 0.5) is 0 Å². The number of pyridine rings is 1. The number of carboxylic acid groups (broad SMARTS) is 1. The molecule has 0 saturated carbocycles. The van der Waals surface area contributed by atoms with Gasteiger partial charge in [0.1, 0.15) is 12.3 Å². The number of hydrogen-bond donors (Lipinski definition) is 2. The lowest BCUT2D eigenvalue weighted by Gasteiger charge is -2.06. The van der Waals surface area contributed by atoms with E-state index in [0.29, 0.717) is 12.0 Å². The predicted octanol–water partition coefficient (Wildman–Crippen LogP) is 3.94. The molecule has 2 aromatic rings. The van der Waals surface area contributed by atoms with E-state index >= 15 is 0 Å². The first-order chi connectivity index (χ1) is 13.4. The van der Waals surface area contributed by atoms with E-state index in [1.54, 1.807) is 12.1 Å². The smallest absolute Gasteiger partial charge is 0.339 e. The predicted molar refractivity (Wildman–Crippen MR) is 106 cm³/mol. The molecule has 7 heteroatoms. The minimum Gasteiger partial charge on any atom is -0.506 e. The highest BCUT2D eigenvalue weighted by molar-refractivity contribution is 6.35. The van der Waals surface area contributed by atoms with Crippen molar-refractivity contribution in [2.45, 2.75) is 32.2 Å². The highest BCUT2D eigenvalue weighted by atomic mass is 35.5. The van der Waals surface area contributed by atoms with E-state index in [-0.39, 0.29) is 22.8 Å². The molecule has 0 atom stereocenters. The van der Waals surface area contributed by atoms with Crippen molar-refractivity contribution in [1.82, 2.24) is 0 Å². The van der Waals surface area contributed by atoms with Gasteiger partial charge in [-0.2, -0.15) is 0 Å². The van der Waals surface area contributed by atoms with Crippen molar-refractivity contribution in [3.63, 3.8) is 0 Å². The number of methoxy groups -OCH3 is 1. The maximum Gasteiger partial charge on any atom is 0.339 e. The number of nitrogens with zero attached hydrogens (tertiary/aromatic N) is 1. The molecule has 1 aromatic carbocycles. The zero-order valence-electron chi connectivity index (χ0n) is 15.6. The van der Waals surface area contributed by atoms with E-state index in [1.807, 2.05) is 35.2 Å². The molecule has 0 bridgehead atoms. The summed E-state index contributed by atoms with van der Waals surface area (Å²) in [6, 6.07) is 6.99. The Bertz CT molecular complexity index is 862. The third-order valence-electron chi connectivity index (χ3n) is 4.23. The van der Waals surface area contributed by atoms with Crippen LogP contribution in [0, 0.1) is 0 Å². The topological polar surface area (TPSA) is 87.7 Å². The van der Waals surface area contributed by atoms with Crippen molar-refractivity contribution < 1.29 is 29.1 Å². The average molecular weight is 405 g/mol. The molecular weight excluding hydrogens is 382 g/mol. The van der Waals surface area contributed by atoms with Crippen molar-refractivity contribution in [3.8, 4) is 5.75 Å². The third-order valence-corrected chi connectivity index (χ3v) is 4.61. The van der Waals surface area contributed by atoms with Gasteiger partial charge >= 0.3 is 11.9 Å². The molecule has 28 heavy (non-hydrogen) atoms. The highest BCUT2D eigenvalue weighted by Crippen LogP contribution is 2.32. The molecule has 0 saturated heterocycles. The Kier molecular flexibility index (Phi) is 8.02. The molecule has 0 unspecified atom stereocenters. The Morgan fingerprint density at radius 1 is 1.11 bits per heavy atom. The normalized spacial score (nSPS) is 10.9. The fraction of sp³-hybridized carbons (Fsp3) is 0.286. The van der Waals surface area contributed by atoms with Gasteiger partial charge in [0.2, 0.25) is 0 Å². The van der Waals surface area contributed by atoms with Gasteiger partial charge in [-0.15, -0.1) is 0 Å². The van der Waals surface area contributed by atoms with E-state index in [4.69, 9.17) is 16.7 Å². The van der Waals surface area contributed by atoms with Crippen LogP contribution in [0.2, 0.25) is 5.02 Å². The molecule has 1 heterocycles. The highest BCUT2D eigenvalue weighted by Gasteiger charge is 2.15. The number of aromatic hydroxyl groups is 1. The molecule has 0 amide bonds. The van der Waals surface area contributed by atoms with Gasteiger partial charge in [-0.05, 0) is 24.5 Å². The number of carbonyl (C=O) groups excluding carboxylic acids is 1. The number of aryl methyl sites for hydroxylation is 1. The first kappa shape index (κ1) is 21.4. The van der Waals surface area contributed by atoms with Gasteiger partial charge in [0.15, 0.2) is 12.4 Å². The van der Waals surface area contributed by atoms with Crippen LogP contribution in [0.3, 0.4) is 0 Å². The standard InChI is InChI=1S/C21H22ClNO5/c1-28-21(27)17-9-8-16(20(26)19(17)22)7-6-15-10-13-23(14-11-15)12-4-2-3-5-18(24)25/h6-11,13-14H,2-5,12H2,1H3,(H,24,25)/p+1. The van der Waals surface area contributed by atoms with Crippen molar-refractivity contribution in [1.29, 1.82) is 0 Å². The molecule has 0 aliphatic carbocycles. The van der Waals surface area contributed by atoms with E-state index in [2.05, 4.69) is 4.74 Å². The summed E-state index contributed by atoms with van der Waals surface area (Å²) in [6.45, 7) is 0.828. The molecule has 0 fully saturated rings. The first-order valence-corrected chi connectivity index (χ1v) is 9.29. The van der Waals surface area contributed by atoms with Crippen LogP contribution >= 0.6 is 11.6 Å². The Balaban J connectivity index is 1.96. The summed E-state index contributed by atoms with van der Waals surface area (Å²) in [5.74, 6) is -1.53. The second-order valence-corrected chi connectivity index (χ2v) is 6.64. The summed E-state index contributed by atoms with van der Waals surface area (Å²) in [5, 5.41) is 18.8. The van der Waals surface area contributed by atoms with Gasteiger partial charge in [0.25, 0.3) is 0 Å². The van der Waals surface area contributed by atoms with Gasteiger partial charge in [0.05, 0.1) is 17.7 Å². The number of hydrogen-bond acceptors (Lipinski definition) is 4. The first-order valence-electron chi connectivity index (χ1n) is 8.91. The van der Waals surface area contributed by atoms with Crippen molar-refractivity contribution in [2.75, 3.05) is 7.11 Å². The zero-order valence-corrected chi connectivity index (χ0v) is 16.4. The number of rotatable bonds is 9. The van der Waals surface area contributed by atoms with Crippen LogP contribution < -0.4 is 4.57 Å². The SMILES string of the molecule is COC(=O)c1ccc(/C=C/c2cc[n+](CCCCCC(=O)O)cc2)c(O)c1Cl. The lowest BCUT2D eigenvalue weighted by molar-refractivity contribution is -0.697. The molecule has 0 aliphatic rings. The van der Waals surface area contributed by atoms with Gasteiger partial charge in [-0.3, -0.25) is 4.79 Å². The number of unbranched alkanes of at least 4 members (excludes halogenated alkanes) is 2. The number of benzene rings is 1. The number of ether oxygens (including phenoxy) is 1. The molecule has 2 rings (SSSR count). The fourth-order valence-corrected chi connectivity index (χ4v) is 2.89. The summed E-state index contributed by atoms with van der Waals surface area (Å²) in [5.41, 5.74) is 1.55. The fourth-order valence-electron chi connectivity index (χ4n) is 2.64. The van der Waals surface area contributed by atoms with E-state index < -0.39 is 11.9 Å². The largest absolute Gasteiger partial charge is 0.506 e. The van der Waals surface area contributed by atoms with Crippen LogP contribution in [0.1, 0.15) is 47.2 Å². The summed E-state index contributed by atoms with van der Waals surface area (Å²) >= 11 is 6.04. The summed E-state index contributed by atoms with van der Waals surface area (Å²) in [6.07, 6.45) is 10.2. The number of carbonyl (C=O) groups is 2. The van der Waals surface area contributed by atoms with Gasteiger partial charge in [0, 0.05) is 30.5 Å². The summed E-state index contributed by atoms with van der Waals surface area (Å²) in [4.78, 5) is 22.1. The number of phenols is 1. The molecule has 2 N–H and O–H groups in total. The van der Waals surface area contributed by atoms with Crippen LogP contribution in [-0.4, -0.2) is 29.3 Å². The van der Waals surface area contributed by atoms with Gasteiger partial charge in [-0.1, -0.05) is 29.8 Å². The minimum atomic E-state index is -0.754. The van der Waals surface area contributed by atoms with Crippen LogP contribution in [-0.2, 0) is 16.1 Å². The summed E-state index contributed by atoms with van der Waals surface area (Å²) < 4.78 is 6.66. The van der Waals surface area contributed by atoms with E-state index in [1.165, 1.54) is 13.2 Å². The number of aromatic nitrogens is 1. The molecular formula is C21H23ClNO5+. The van der Waals surface area contributed by atoms with Crippen molar-refractivity contribution in [3.05, 3.63) is 58.4 Å². The maximum atomic E-state index is 11.6. The van der Waals surface area contributed by atoms with Crippen LogP contribution in [0.25, 0.3) is 12.2 Å². The Labute approximate surface area is 168 Å². The quantitative estimate of drug-likeness (QED) is 0.375. The van der Waals surface area contributed by atoms with Crippen molar-refractivity contribution >= 4 is 35.7 Å². The van der Waals surface area contributed by atoms with E-state index in [9.17, 15) is 14.7 Å². The molecule has 0 aliphatic heterocycles. The van der Waals surface area contributed by atoms with E-state index in [0.717, 1.165) is 24.9 Å². The molecule has 148 valence electrons. The number of carboxylic acids is 1. The van der Waals surface area contributed by atoms with Gasteiger partial charge in [-0.25, -0.2) is 9.36 Å². The lowest BCUT2D eigenvalue weighted by atomic mass is 10.1. The Morgan fingerprint density at radius 2 is 1.82 bits per heavy atom. The number of halogens is 1. The maximum absolute atomic E-state index is 11.6. The van der Waals surface area contributed by atoms with Crippen LogP contribution in [0.5, 0.6) is 5.75 Å². The molecule has 6 nitrogen and oxygen atoms in total. The van der Waals surface area contributed by atoms with Crippen LogP contribution in [0.15, 0.2) is 36.7 Å². The Hall–Kier alpha value is -2.86. The second kappa shape index (κ2) is 10.5. The molecule has 1 aromatic heterocycles. The third kappa shape index (κ3) is 6.09. The second-order valence-electron chi connectivity index (χ2n) is 6.26. The summed E-state index contributed by atoms with van der Waals surface area (Å²) in [7, 11) is 1.25. The molecule has 0 radical (unpaired) electrons. The molecule has 0 spiro atoms. The average Bonchev–Trinajstić information content (AvgIpc) is 2.69. The minimum absolute atomic E-state index is 0.0391. The Morgan fingerprint density at radius 3 is 2.46 bits per heavy atom. The number of phenolic OH excluding ortho intramolecular Hbond substituents is 1. The number of esters is 1. The van der Waals surface area contributed by atoms with Crippen molar-refractivity contribution in [2.24, 2.45) is 0 Å². The number of aliphatic carboxylic acids is 1.